The molecule has 0 amide bonds. The molecule has 0 aliphatic carbocycles. The molecule has 1 aliphatic rings. The zero-order chi connectivity index (χ0) is 14.7. The largest absolute Gasteiger partial charge is 0.491 e. The molecule has 20 heavy (non-hydrogen) atoms. The fourth-order valence-electron chi connectivity index (χ4n) is 2.62. The van der Waals surface area contributed by atoms with Crippen LogP contribution in [0.1, 0.15) is 17.2 Å². The summed E-state index contributed by atoms with van der Waals surface area (Å²) in [6, 6.07) is 3.50. The summed E-state index contributed by atoms with van der Waals surface area (Å²) in [5.74, 6) is 0.746. The first-order valence-electron chi connectivity index (χ1n) is 6.65. The predicted molar refractivity (Wildman–Crippen MR) is 82.4 cm³/mol. The van der Waals surface area contributed by atoms with Gasteiger partial charge >= 0.3 is 0 Å². The molecule has 1 aromatic carbocycles. The Morgan fingerprint density at radius 2 is 2.05 bits per heavy atom. The summed E-state index contributed by atoms with van der Waals surface area (Å²) in [5.41, 5.74) is 1.70. The molecule has 1 N–H and O–H groups in total. The first-order valence-corrected chi connectivity index (χ1v) is 7.03. The van der Waals surface area contributed by atoms with Crippen LogP contribution in [0.5, 0.6) is 5.75 Å². The molecule has 2 rings (SSSR count). The molecule has 0 saturated heterocycles. The third kappa shape index (κ3) is 2.90. The number of hydrogen-bond donors (Lipinski definition) is 1. The minimum atomic E-state index is -0.629. The summed E-state index contributed by atoms with van der Waals surface area (Å²) in [6.45, 7) is 11.2. The molecule has 3 nitrogen and oxygen atoms in total. The molecular weight excluding hydrogens is 274 g/mol. The molecule has 2 unspecified atom stereocenters. The summed E-state index contributed by atoms with van der Waals surface area (Å²) in [5, 5.41) is 11.3. The Balaban J connectivity index is 2.32. The van der Waals surface area contributed by atoms with Crippen LogP contribution in [0.25, 0.3) is 0 Å². The van der Waals surface area contributed by atoms with E-state index in [9.17, 15) is 5.11 Å². The highest BCUT2D eigenvalue weighted by Crippen LogP contribution is 2.38. The van der Waals surface area contributed by atoms with Crippen LogP contribution in [0.15, 0.2) is 37.4 Å². The van der Waals surface area contributed by atoms with Crippen molar-refractivity contribution in [2.24, 2.45) is 0 Å². The first kappa shape index (κ1) is 15.1. The Morgan fingerprint density at radius 3 is 2.65 bits per heavy atom. The molecule has 4 heteroatoms. The van der Waals surface area contributed by atoms with Gasteiger partial charge in [-0.05, 0) is 24.6 Å². The van der Waals surface area contributed by atoms with E-state index in [-0.39, 0.29) is 6.04 Å². The third-order valence-electron chi connectivity index (χ3n) is 3.55. The van der Waals surface area contributed by atoms with Gasteiger partial charge in [-0.3, -0.25) is 4.90 Å². The molecule has 0 bridgehead atoms. The van der Waals surface area contributed by atoms with E-state index in [1.807, 2.05) is 25.1 Å². The van der Waals surface area contributed by atoms with Crippen molar-refractivity contribution in [3.8, 4) is 5.75 Å². The highest BCUT2D eigenvalue weighted by molar-refractivity contribution is 6.30. The average molecular weight is 294 g/mol. The van der Waals surface area contributed by atoms with Crippen LogP contribution in [0.2, 0.25) is 5.02 Å². The van der Waals surface area contributed by atoms with Crippen molar-refractivity contribution in [2.45, 2.75) is 19.1 Å². The van der Waals surface area contributed by atoms with E-state index in [1.54, 1.807) is 6.07 Å². The number of hydrogen-bond acceptors (Lipinski definition) is 3. The number of nitrogens with zero attached hydrogens (tertiary/aromatic N) is 1. The summed E-state index contributed by atoms with van der Waals surface area (Å²) < 4.78 is 5.84. The Bertz CT molecular complexity index is 505. The second-order valence-electron chi connectivity index (χ2n) is 5.00. The number of halogens is 1. The monoisotopic (exact) mass is 293 g/mol. The number of benzene rings is 1. The lowest BCUT2D eigenvalue weighted by Crippen LogP contribution is -2.46. The van der Waals surface area contributed by atoms with E-state index >= 15 is 0 Å². The van der Waals surface area contributed by atoms with E-state index in [4.69, 9.17) is 16.3 Å². The van der Waals surface area contributed by atoms with Crippen molar-refractivity contribution < 1.29 is 9.84 Å². The third-order valence-corrected chi connectivity index (χ3v) is 3.76. The van der Waals surface area contributed by atoms with Crippen LogP contribution in [0.3, 0.4) is 0 Å². The predicted octanol–water partition coefficient (Wildman–Crippen LogP) is 3.12. The summed E-state index contributed by atoms with van der Waals surface area (Å²) in [4.78, 5) is 2.09. The van der Waals surface area contributed by atoms with Crippen molar-refractivity contribution in [1.29, 1.82) is 0 Å². The molecule has 1 heterocycles. The smallest absolute Gasteiger partial charge is 0.128 e. The van der Waals surface area contributed by atoms with Gasteiger partial charge in [0.05, 0.1) is 6.04 Å². The minimum absolute atomic E-state index is 0.128. The lowest BCUT2D eigenvalue weighted by atomic mass is 9.95. The van der Waals surface area contributed by atoms with Crippen LogP contribution in [0.4, 0.5) is 0 Å². The normalized spacial score (nSPS) is 21.2. The van der Waals surface area contributed by atoms with Crippen molar-refractivity contribution in [3.63, 3.8) is 0 Å². The van der Waals surface area contributed by atoms with Gasteiger partial charge in [0.15, 0.2) is 0 Å². The van der Waals surface area contributed by atoms with E-state index in [2.05, 4.69) is 18.1 Å². The topological polar surface area (TPSA) is 32.7 Å². The lowest BCUT2D eigenvalue weighted by molar-refractivity contribution is 0.0132. The zero-order valence-corrected chi connectivity index (χ0v) is 12.4. The molecule has 108 valence electrons. The van der Waals surface area contributed by atoms with Gasteiger partial charge in [0.25, 0.3) is 0 Å². The maximum absolute atomic E-state index is 10.6. The Morgan fingerprint density at radius 1 is 1.40 bits per heavy atom. The van der Waals surface area contributed by atoms with Crippen molar-refractivity contribution in [3.05, 3.63) is 53.6 Å². The molecule has 0 saturated carbocycles. The first-order chi connectivity index (χ1) is 9.58. The van der Waals surface area contributed by atoms with Gasteiger partial charge in [-0.1, -0.05) is 23.8 Å². The van der Waals surface area contributed by atoms with E-state index in [0.29, 0.717) is 24.7 Å². The number of aliphatic hydroxyl groups is 1. The van der Waals surface area contributed by atoms with Crippen LogP contribution >= 0.6 is 11.6 Å². The fourth-order valence-corrected chi connectivity index (χ4v) is 2.90. The molecule has 0 spiro atoms. The number of fused-ring (bicyclic) bond motifs is 1. The van der Waals surface area contributed by atoms with Gasteiger partial charge in [0.2, 0.25) is 0 Å². The van der Waals surface area contributed by atoms with Gasteiger partial charge in [0, 0.05) is 23.7 Å². The summed E-state index contributed by atoms with van der Waals surface area (Å²) >= 11 is 6.08. The van der Waals surface area contributed by atoms with E-state index < -0.39 is 6.10 Å². The summed E-state index contributed by atoms with van der Waals surface area (Å²) in [7, 11) is 0. The number of rotatable bonds is 5. The molecular formula is C16H20ClNO2. The van der Waals surface area contributed by atoms with Crippen LogP contribution in [0, 0.1) is 6.92 Å². The number of aliphatic hydroxyl groups excluding tert-OH is 1. The maximum Gasteiger partial charge on any atom is 0.128 e. The Kier molecular flexibility index (Phi) is 4.86. The minimum Gasteiger partial charge on any atom is -0.491 e. The number of aryl methyl sites for hydroxylation is 1. The number of ether oxygens (including phenoxy) is 1. The second-order valence-corrected chi connectivity index (χ2v) is 5.43. The van der Waals surface area contributed by atoms with Crippen LogP contribution < -0.4 is 4.74 Å². The zero-order valence-electron chi connectivity index (χ0n) is 11.7. The Hall–Kier alpha value is -1.29. The van der Waals surface area contributed by atoms with E-state index in [1.165, 1.54) is 0 Å². The van der Waals surface area contributed by atoms with Gasteiger partial charge in [-0.25, -0.2) is 0 Å². The highest BCUT2D eigenvalue weighted by Gasteiger charge is 2.33. The molecule has 1 aromatic rings. The van der Waals surface area contributed by atoms with Crippen LogP contribution in [-0.4, -0.2) is 35.7 Å². The van der Waals surface area contributed by atoms with Gasteiger partial charge in [-0.15, -0.1) is 13.2 Å². The fraction of sp³-hybridized carbons (Fsp3) is 0.375. The standard InChI is InChI=1S/C16H20ClNO2/c1-4-6-18(7-5-2)14-10-20-16-11(3)8-12(17)9-13(16)15(14)19/h4-5,8-9,14-15,19H,1-2,6-7,10H2,3H3. The van der Waals surface area contributed by atoms with Crippen molar-refractivity contribution >= 4 is 11.6 Å². The van der Waals surface area contributed by atoms with E-state index in [0.717, 1.165) is 16.9 Å². The average Bonchev–Trinajstić information content (AvgIpc) is 2.40. The molecule has 0 aromatic heterocycles. The molecule has 1 aliphatic heterocycles. The molecule has 2 atom stereocenters. The molecule has 0 fully saturated rings. The van der Waals surface area contributed by atoms with Gasteiger partial charge < -0.3 is 9.84 Å². The highest BCUT2D eigenvalue weighted by atomic mass is 35.5. The maximum atomic E-state index is 10.6. The van der Waals surface area contributed by atoms with Gasteiger partial charge in [0.1, 0.15) is 18.5 Å². The van der Waals surface area contributed by atoms with Gasteiger partial charge in [-0.2, -0.15) is 0 Å². The molecule has 0 radical (unpaired) electrons. The second kappa shape index (κ2) is 6.44. The van der Waals surface area contributed by atoms with Crippen LogP contribution in [-0.2, 0) is 0 Å². The Labute approximate surface area is 125 Å². The summed E-state index contributed by atoms with van der Waals surface area (Å²) in [6.07, 6.45) is 3.00. The lowest BCUT2D eigenvalue weighted by Gasteiger charge is -2.38. The van der Waals surface area contributed by atoms with Crippen molar-refractivity contribution in [1.82, 2.24) is 4.90 Å². The van der Waals surface area contributed by atoms with Crippen molar-refractivity contribution in [2.75, 3.05) is 19.7 Å². The quantitative estimate of drug-likeness (QED) is 0.847. The SMILES string of the molecule is C=CCN(CC=C)C1COc2c(C)cc(Cl)cc2C1O.